The summed E-state index contributed by atoms with van der Waals surface area (Å²) in [4.78, 5) is 37.1. The van der Waals surface area contributed by atoms with E-state index in [1.54, 1.807) is 24.3 Å². The number of carboxylic acid groups (broad SMARTS) is 1. The minimum Gasteiger partial charge on any atom is -0.493 e. The minimum absolute atomic E-state index is 0.205. The van der Waals surface area contributed by atoms with Crippen molar-refractivity contribution in [1.82, 2.24) is 4.90 Å². The van der Waals surface area contributed by atoms with Crippen LogP contribution in [0.1, 0.15) is 21.5 Å². The molecule has 1 N–H and O–H groups in total. The van der Waals surface area contributed by atoms with E-state index < -0.39 is 5.97 Å². The summed E-state index contributed by atoms with van der Waals surface area (Å²) in [6, 6.07) is 9.98. The van der Waals surface area contributed by atoms with E-state index in [9.17, 15) is 14.4 Å². The second-order valence-corrected chi connectivity index (χ2v) is 8.81. The van der Waals surface area contributed by atoms with E-state index in [2.05, 4.69) is 22.6 Å². The van der Waals surface area contributed by atoms with Gasteiger partial charge in [-0.25, -0.2) is 4.79 Å². The summed E-state index contributed by atoms with van der Waals surface area (Å²) in [5, 5.41) is 8.67. The summed E-state index contributed by atoms with van der Waals surface area (Å²) in [6.45, 7) is 0.714. The van der Waals surface area contributed by atoms with Crippen molar-refractivity contribution in [1.29, 1.82) is 0 Å². The van der Waals surface area contributed by atoms with Crippen LogP contribution in [0.25, 0.3) is 6.08 Å². The number of nitrogens with zero attached hydrogens (tertiary/aromatic N) is 1. The van der Waals surface area contributed by atoms with Gasteiger partial charge in [0.25, 0.3) is 11.1 Å². The highest BCUT2D eigenvalue weighted by Crippen LogP contribution is 2.37. The first-order valence-corrected chi connectivity index (χ1v) is 11.3. The van der Waals surface area contributed by atoms with Gasteiger partial charge >= 0.3 is 5.97 Å². The quantitative estimate of drug-likeness (QED) is 0.353. The number of halogens is 1. The van der Waals surface area contributed by atoms with E-state index in [-0.39, 0.29) is 36.5 Å². The Morgan fingerprint density at radius 2 is 1.91 bits per heavy atom. The van der Waals surface area contributed by atoms with Gasteiger partial charge < -0.3 is 19.3 Å². The van der Waals surface area contributed by atoms with Crippen molar-refractivity contribution in [3.05, 3.63) is 61.6 Å². The Labute approximate surface area is 202 Å². The van der Waals surface area contributed by atoms with Crippen LogP contribution in [0.2, 0.25) is 0 Å². The fourth-order valence-corrected chi connectivity index (χ4v) is 4.54. The molecule has 10 heteroatoms. The molecule has 1 heterocycles. The normalized spacial score (nSPS) is 14.8. The zero-order valence-electron chi connectivity index (χ0n) is 17.3. The average molecular weight is 569 g/mol. The van der Waals surface area contributed by atoms with Crippen LogP contribution in [0.3, 0.4) is 0 Å². The first-order chi connectivity index (χ1) is 15.3. The third-order valence-corrected chi connectivity index (χ3v) is 6.23. The molecule has 2 amide bonds. The fraction of sp³-hybridized carbons (Fsp3) is 0.227. The highest BCUT2D eigenvalue weighted by atomic mass is 127. The summed E-state index contributed by atoms with van der Waals surface area (Å²) in [7, 11) is 3.03. The van der Waals surface area contributed by atoms with Crippen LogP contribution in [0, 0.1) is 3.57 Å². The average Bonchev–Trinajstić information content (AvgIpc) is 3.03. The van der Waals surface area contributed by atoms with Crippen molar-refractivity contribution in [3.63, 3.8) is 0 Å². The van der Waals surface area contributed by atoms with Crippen molar-refractivity contribution >= 4 is 57.5 Å². The Bertz CT molecular complexity index is 1070. The molecule has 168 valence electrons. The predicted molar refractivity (Wildman–Crippen MR) is 128 cm³/mol. The molecule has 1 aliphatic rings. The number of methoxy groups -OCH3 is 2. The summed E-state index contributed by atoms with van der Waals surface area (Å²) in [5.41, 5.74) is 1.71. The maximum absolute atomic E-state index is 12.5. The first-order valence-electron chi connectivity index (χ1n) is 9.41. The van der Waals surface area contributed by atoms with E-state index in [0.717, 1.165) is 25.8 Å². The second-order valence-electron chi connectivity index (χ2n) is 6.65. The molecule has 0 saturated carbocycles. The zero-order chi connectivity index (χ0) is 23.3. The molecule has 3 rings (SSSR count). The largest absolute Gasteiger partial charge is 0.493 e. The number of rotatable bonds is 9. The topological polar surface area (TPSA) is 102 Å². The molecular weight excluding hydrogens is 549 g/mol. The predicted octanol–water partition coefficient (Wildman–Crippen LogP) is 4.26. The van der Waals surface area contributed by atoms with E-state index >= 15 is 0 Å². The summed E-state index contributed by atoms with van der Waals surface area (Å²) >= 11 is 3.00. The van der Waals surface area contributed by atoms with E-state index in [0.29, 0.717) is 22.0 Å². The number of carbonyl (C=O) groups is 3. The summed E-state index contributed by atoms with van der Waals surface area (Å²) < 4.78 is 17.1. The molecule has 32 heavy (non-hydrogen) atoms. The van der Waals surface area contributed by atoms with E-state index in [1.807, 2.05) is 6.07 Å². The summed E-state index contributed by atoms with van der Waals surface area (Å²) in [5.74, 6) is -0.332. The number of hydrogen-bond acceptors (Lipinski definition) is 7. The van der Waals surface area contributed by atoms with Crippen molar-refractivity contribution in [2.45, 2.75) is 6.61 Å². The van der Waals surface area contributed by atoms with Crippen molar-refractivity contribution in [2.24, 2.45) is 0 Å². The van der Waals surface area contributed by atoms with Gasteiger partial charge in [-0.15, -0.1) is 0 Å². The van der Waals surface area contributed by atoms with Crippen LogP contribution in [-0.2, 0) is 16.1 Å². The van der Waals surface area contributed by atoms with Crippen molar-refractivity contribution in [2.75, 3.05) is 27.4 Å². The molecule has 0 aliphatic carbocycles. The zero-order valence-corrected chi connectivity index (χ0v) is 20.3. The molecule has 0 atom stereocenters. The number of imide groups is 1. The third kappa shape index (κ3) is 5.61. The molecule has 0 aromatic heterocycles. The molecule has 0 bridgehead atoms. The Balaban J connectivity index is 1.77. The maximum atomic E-state index is 12.5. The standard InChI is InChI=1S/C22H20INO7S/c1-29-8-7-24-20(25)18(32-22(24)28)11-14-9-16(23)19(17(10-14)30-2)31-12-13-3-5-15(6-4-13)21(26)27/h3-6,9-11H,7-8,12H2,1-2H3,(H,26,27)/b18-11+. The van der Waals surface area contributed by atoms with Crippen molar-refractivity contribution < 1.29 is 33.7 Å². The number of benzene rings is 2. The lowest BCUT2D eigenvalue weighted by Gasteiger charge is -2.14. The van der Waals surface area contributed by atoms with Gasteiger partial charge in [0.1, 0.15) is 6.61 Å². The van der Waals surface area contributed by atoms with Crippen LogP contribution in [0.15, 0.2) is 41.3 Å². The molecule has 2 aromatic rings. The number of hydrogen-bond donors (Lipinski definition) is 1. The molecule has 1 fully saturated rings. The molecule has 0 unspecified atom stereocenters. The molecule has 0 spiro atoms. The number of aromatic carboxylic acids is 1. The highest BCUT2D eigenvalue weighted by molar-refractivity contribution is 14.1. The van der Waals surface area contributed by atoms with E-state index in [1.165, 1.54) is 26.4 Å². The Morgan fingerprint density at radius 1 is 1.19 bits per heavy atom. The third-order valence-electron chi connectivity index (χ3n) is 4.53. The van der Waals surface area contributed by atoms with Gasteiger partial charge in [-0.2, -0.15) is 0 Å². The Morgan fingerprint density at radius 3 is 2.53 bits per heavy atom. The number of thioether (sulfide) groups is 1. The second kappa shape index (κ2) is 10.8. The van der Waals surface area contributed by atoms with Gasteiger partial charge in [0.05, 0.1) is 34.3 Å². The van der Waals surface area contributed by atoms with Crippen molar-refractivity contribution in [3.8, 4) is 11.5 Å². The van der Waals surface area contributed by atoms with Crippen LogP contribution in [0.4, 0.5) is 4.79 Å². The van der Waals surface area contributed by atoms with Gasteiger partial charge in [0.15, 0.2) is 11.5 Å². The lowest BCUT2D eigenvalue weighted by atomic mass is 10.1. The van der Waals surface area contributed by atoms with Gasteiger partial charge in [-0.3, -0.25) is 14.5 Å². The highest BCUT2D eigenvalue weighted by Gasteiger charge is 2.34. The van der Waals surface area contributed by atoms with Crippen LogP contribution in [-0.4, -0.2) is 54.5 Å². The Hall–Kier alpha value is -2.57. The van der Waals surface area contributed by atoms with Crippen LogP contribution >= 0.6 is 34.4 Å². The molecule has 1 aliphatic heterocycles. The number of amides is 2. The van der Waals surface area contributed by atoms with Crippen LogP contribution < -0.4 is 9.47 Å². The molecule has 8 nitrogen and oxygen atoms in total. The fourth-order valence-electron chi connectivity index (χ4n) is 2.89. The number of ether oxygens (including phenoxy) is 3. The SMILES string of the molecule is COCCN1C(=O)S/C(=C/c2cc(I)c(OCc3ccc(C(=O)O)cc3)c(OC)c2)C1=O. The minimum atomic E-state index is -0.985. The van der Waals surface area contributed by atoms with Gasteiger partial charge in [0, 0.05) is 7.11 Å². The van der Waals surface area contributed by atoms with Gasteiger partial charge in [-0.05, 0) is 75.8 Å². The number of carboxylic acids is 1. The van der Waals surface area contributed by atoms with Crippen LogP contribution in [0.5, 0.6) is 11.5 Å². The molecular formula is C22H20INO7S. The Kier molecular flexibility index (Phi) is 8.15. The van der Waals surface area contributed by atoms with E-state index in [4.69, 9.17) is 19.3 Å². The maximum Gasteiger partial charge on any atom is 0.335 e. The summed E-state index contributed by atoms with van der Waals surface area (Å²) in [6.07, 6.45) is 1.65. The monoisotopic (exact) mass is 569 g/mol. The molecule has 1 saturated heterocycles. The molecule has 0 radical (unpaired) electrons. The van der Waals surface area contributed by atoms with Gasteiger partial charge in [0.2, 0.25) is 0 Å². The van der Waals surface area contributed by atoms with Gasteiger partial charge in [-0.1, -0.05) is 12.1 Å². The first kappa shape index (κ1) is 24.1. The lowest BCUT2D eigenvalue weighted by Crippen LogP contribution is -2.31. The number of carbonyl (C=O) groups excluding carboxylic acids is 2. The molecule has 2 aromatic carbocycles. The lowest BCUT2D eigenvalue weighted by molar-refractivity contribution is -0.123. The smallest absolute Gasteiger partial charge is 0.335 e.